The van der Waals surface area contributed by atoms with E-state index in [1.165, 1.54) is 30.6 Å². The Bertz CT molecular complexity index is 1310. The fraction of sp³-hybridized carbons (Fsp3) is 0.346. The van der Waals surface area contributed by atoms with Crippen molar-refractivity contribution in [2.24, 2.45) is 4.99 Å². The van der Waals surface area contributed by atoms with Gasteiger partial charge in [-0.15, -0.1) is 11.3 Å². The Kier molecular flexibility index (Phi) is 9.34. The number of carbonyl (C=O) groups is 2. The maximum Gasteiger partial charge on any atom is 0.410 e. The number of rotatable bonds is 9. The highest BCUT2D eigenvalue weighted by atomic mass is 35.5. The number of halogens is 2. The van der Waals surface area contributed by atoms with E-state index in [4.69, 9.17) is 26.1 Å². The predicted octanol–water partition coefficient (Wildman–Crippen LogP) is 5.96. The zero-order valence-corrected chi connectivity index (χ0v) is 22.6. The van der Waals surface area contributed by atoms with Crippen LogP contribution in [0.15, 0.2) is 52.8 Å². The van der Waals surface area contributed by atoms with Crippen LogP contribution in [0.5, 0.6) is 5.75 Å². The minimum Gasteiger partial charge on any atom is -0.494 e. The third-order valence-corrected chi connectivity index (χ3v) is 6.18. The maximum atomic E-state index is 13.6. The van der Waals surface area contributed by atoms with Gasteiger partial charge in [-0.2, -0.15) is 0 Å². The first-order chi connectivity index (χ1) is 17.5. The average molecular weight is 550 g/mol. The SMILES string of the molecule is COc1cc(Cl)ccc1/N=c1/scc(-c2ccc(F)cc2)n1CCCN(CC(=O)O)C(=O)OC(C)(C)C. The number of benzene rings is 2. The van der Waals surface area contributed by atoms with Crippen molar-refractivity contribution in [3.05, 3.63) is 63.5 Å². The van der Waals surface area contributed by atoms with Gasteiger partial charge in [0, 0.05) is 29.6 Å². The highest BCUT2D eigenvalue weighted by molar-refractivity contribution is 7.07. The largest absolute Gasteiger partial charge is 0.494 e. The Morgan fingerprint density at radius 2 is 1.89 bits per heavy atom. The van der Waals surface area contributed by atoms with E-state index in [2.05, 4.69) is 0 Å². The number of aromatic nitrogens is 1. The zero-order chi connectivity index (χ0) is 27.2. The van der Waals surface area contributed by atoms with Crippen LogP contribution in [0.2, 0.25) is 5.02 Å². The molecule has 0 unspecified atom stereocenters. The normalized spacial score (nSPS) is 11.9. The fourth-order valence-electron chi connectivity index (χ4n) is 3.48. The van der Waals surface area contributed by atoms with Crippen LogP contribution in [0.3, 0.4) is 0 Å². The lowest BCUT2D eigenvalue weighted by Gasteiger charge is -2.26. The molecule has 8 nitrogen and oxygen atoms in total. The van der Waals surface area contributed by atoms with Crippen molar-refractivity contribution in [2.75, 3.05) is 20.2 Å². The molecule has 11 heteroatoms. The van der Waals surface area contributed by atoms with Gasteiger partial charge in [0.25, 0.3) is 0 Å². The Morgan fingerprint density at radius 1 is 1.19 bits per heavy atom. The molecule has 0 saturated heterocycles. The highest BCUT2D eigenvalue weighted by Crippen LogP contribution is 2.30. The maximum absolute atomic E-state index is 13.6. The van der Waals surface area contributed by atoms with Crippen molar-refractivity contribution in [3.8, 4) is 17.0 Å². The number of aliphatic carboxylic acids is 1. The quantitative estimate of drug-likeness (QED) is 0.355. The Labute approximate surface area is 223 Å². The van der Waals surface area contributed by atoms with E-state index >= 15 is 0 Å². The first-order valence-electron chi connectivity index (χ1n) is 11.5. The summed E-state index contributed by atoms with van der Waals surface area (Å²) in [5, 5.41) is 11.7. The number of amides is 1. The Hall–Kier alpha value is -3.37. The van der Waals surface area contributed by atoms with Crippen LogP contribution in [-0.4, -0.2) is 52.4 Å². The molecule has 1 aromatic heterocycles. The topological polar surface area (TPSA) is 93.4 Å². The van der Waals surface area contributed by atoms with E-state index in [1.807, 2.05) is 9.95 Å². The first-order valence-corrected chi connectivity index (χ1v) is 12.7. The van der Waals surface area contributed by atoms with Crippen LogP contribution in [0.25, 0.3) is 11.3 Å². The van der Waals surface area contributed by atoms with E-state index < -0.39 is 24.2 Å². The molecular weight excluding hydrogens is 521 g/mol. The molecule has 1 N–H and O–H groups in total. The van der Waals surface area contributed by atoms with Crippen molar-refractivity contribution in [2.45, 2.75) is 39.3 Å². The average Bonchev–Trinajstić information content (AvgIpc) is 3.21. The second-order valence-corrected chi connectivity index (χ2v) is 10.4. The van der Waals surface area contributed by atoms with Crippen molar-refractivity contribution in [3.63, 3.8) is 0 Å². The number of methoxy groups -OCH3 is 1. The van der Waals surface area contributed by atoms with Gasteiger partial charge in [-0.3, -0.25) is 9.69 Å². The van der Waals surface area contributed by atoms with Gasteiger partial charge in [-0.1, -0.05) is 11.6 Å². The molecule has 0 aliphatic rings. The fourth-order valence-corrected chi connectivity index (χ4v) is 4.59. The summed E-state index contributed by atoms with van der Waals surface area (Å²) in [4.78, 5) is 30.5. The predicted molar refractivity (Wildman–Crippen MR) is 141 cm³/mol. The van der Waals surface area contributed by atoms with Gasteiger partial charge in [-0.05, 0) is 69.2 Å². The van der Waals surface area contributed by atoms with Crippen LogP contribution in [0, 0.1) is 5.82 Å². The van der Waals surface area contributed by atoms with Gasteiger partial charge in [-0.25, -0.2) is 14.2 Å². The van der Waals surface area contributed by atoms with E-state index in [0.717, 1.165) is 16.2 Å². The van der Waals surface area contributed by atoms with Crippen molar-refractivity contribution in [1.82, 2.24) is 9.47 Å². The molecule has 0 spiro atoms. The summed E-state index contributed by atoms with van der Waals surface area (Å²) >= 11 is 7.48. The molecular formula is C26H29ClFN3O5S. The number of ether oxygens (including phenoxy) is 2. The summed E-state index contributed by atoms with van der Waals surface area (Å²) in [5.41, 5.74) is 1.42. The molecule has 37 heavy (non-hydrogen) atoms. The molecule has 0 atom stereocenters. The van der Waals surface area contributed by atoms with Gasteiger partial charge < -0.3 is 19.1 Å². The summed E-state index contributed by atoms with van der Waals surface area (Å²) in [6.45, 7) is 5.24. The lowest BCUT2D eigenvalue weighted by molar-refractivity contribution is -0.138. The molecule has 198 valence electrons. The van der Waals surface area contributed by atoms with Gasteiger partial charge >= 0.3 is 12.1 Å². The van der Waals surface area contributed by atoms with Crippen molar-refractivity contribution >= 4 is 40.7 Å². The van der Waals surface area contributed by atoms with E-state index in [1.54, 1.807) is 51.1 Å². The molecule has 1 amide bonds. The van der Waals surface area contributed by atoms with Gasteiger partial charge in [0.15, 0.2) is 4.80 Å². The van der Waals surface area contributed by atoms with Crippen LogP contribution in [-0.2, 0) is 16.1 Å². The minimum atomic E-state index is -1.13. The van der Waals surface area contributed by atoms with E-state index in [9.17, 15) is 19.1 Å². The molecule has 0 bridgehead atoms. The van der Waals surface area contributed by atoms with Crippen molar-refractivity contribution < 1.29 is 28.6 Å². The first kappa shape index (κ1) is 28.2. The second kappa shape index (κ2) is 12.2. The van der Waals surface area contributed by atoms with Gasteiger partial charge in [0.1, 0.15) is 29.4 Å². The Balaban J connectivity index is 1.95. The molecule has 2 aromatic carbocycles. The Morgan fingerprint density at radius 3 is 2.51 bits per heavy atom. The summed E-state index contributed by atoms with van der Waals surface area (Å²) in [6, 6.07) is 11.3. The number of hydrogen-bond donors (Lipinski definition) is 1. The number of hydrogen-bond acceptors (Lipinski definition) is 6. The van der Waals surface area contributed by atoms with Crippen molar-refractivity contribution in [1.29, 1.82) is 0 Å². The molecule has 0 aliphatic heterocycles. The lowest BCUT2D eigenvalue weighted by atomic mass is 10.1. The summed E-state index contributed by atoms with van der Waals surface area (Å²) in [5.74, 6) is -0.970. The van der Waals surface area contributed by atoms with Gasteiger partial charge in [0.05, 0.1) is 12.8 Å². The van der Waals surface area contributed by atoms with Crippen LogP contribution < -0.4 is 9.54 Å². The molecule has 0 aliphatic carbocycles. The molecule has 1 heterocycles. The number of carboxylic acid groups (broad SMARTS) is 1. The summed E-state index contributed by atoms with van der Waals surface area (Å²) in [7, 11) is 1.53. The standard InChI is InChI=1S/C26H29ClFN3O5S/c1-26(2,3)36-25(34)30(15-23(32)33)12-5-13-31-21(17-6-9-19(28)10-7-17)16-37-24(31)29-20-11-8-18(27)14-22(20)35-4/h6-11,14,16H,5,12-13,15H2,1-4H3,(H,32,33)/b29-24+. The zero-order valence-electron chi connectivity index (χ0n) is 21.0. The minimum absolute atomic E-state index is 0.149. The summed E-state index contributed by atoms with van der Waals surface area (Å²) < 4.78 is 26.3. The molecule has 0 radical (unpaired) electrons. The number of thiazole rings is 1. The summed E-state index contributed by atoms with van der Waals surface area (Å²) in [6.07, 6.45) is -0.276. The lowest BCUT2D eigenvalue weighted by Crippen LogP contribution is -2.40. The second-order valence-electron chi connectivity index (χ2n) is 9.14. The molecule has 3 rings (SSSR count). The number of nitrogens with zero attached hydrogens (tertiary/aromatic N) is 3. The number of carboxylic acids is 1. The van der Waals surface area contributed by atoms with E-state index in [-0.39, 0.29) is 12.4 Å². The molecule has 0 saturated carbocycles. The highest BCUT2D eigenvalue weighted by Gasteiger charge is 2.24. The van der Waals surface area contributed by atoms with Gasteiger partial charge in [0.2, 0.25) is 0 Å². The molecule has 0 fully saturated rings. The van der Waals surface area contributed by atoms with E-state index in [0.29, 0.717) is 34.2 Å². The smallest absolute Gasteiger partial charge is 0.410 e. The third kappa shape index (κ3) is 8.06. The molecule has 3 aromatic rings. The van der Waals surface area contributed by atoms with Crippen LogP contribution >= 0.6 is 22.9 Å². The van der Waals surface area contributed by atoms with Crippen LogP contribution in [0.4, 0.5) is 14.9 Å². The monoisotopic (exact) mass is 549 g/mol. The third-order valence-electron chi connectivity index (χ3n) is 5.08. The van der Waals surface area contributed by atoms with Crippen LogP contribution in [0.1, 0.15) is 27.2 Å². The number of carbonyl (C=O) groups excluding carboxylic acids is 1.